The molecule has 0 saturated heterocycles. The molecule has 0 fully saturated rings. The maximum Gasteiger partial charge on any atom is 0.343 e. The molecule has 0 unspecified atom stereocenters. The Kier molecular flexibility index (Phi) is 7.55. The van der Waals surface area contributed by atoms with E-state index in [2.05, 4.69) is 6.07 Å². The van der Waals surface area contributed by atoms with Crippen molar-refractivity contribution in [1.82, 2.24) is 0 Å². The maximum absolute atomic E-state index is 12.4. The van der Waals surface area contributed by atoms with Crippen molar-refractivity contribution in [3.05, 3.63) is 125 Å². The Morgan fingerprint density at radius 2 is 1.19 bits per heavy atom. The zero-order chi connectivity index (χ0) is 22.9. The van der Waals surface area contributed by atoms with Crippen molar-refractivity contribution in [2.24, 2.45) is 5.73 Å². The summed E-state index contributed by atoms with van der Waals surface area (Å²) in [7, 11) is 0. The smallest absolute Gasteiger partial charge is 0.343 e. The number of rotatable bonds is 4. The van der Waals surface area contributed by atoms with Crippen molar-refractivity contribution < 1.29 is 14.3 Å². The molecule has 2 N–H and O–H groups in total. The minimum Gasteiger partial charge on any atom is -0.422 e. The van der Waals surface area contributed by atoms with Gasteiger partial charge in [0.15, 0.2) is 0 Å². The number of primary amides is 1. The Morgan fingerprint density at radius 1 is 0.688 bits per heavy atom. The predicted molar refractivity (Wildman–Crippen MR) is 128 cm³/mol. The van der Waals surface area contributed by atoms with Gasteiger partial charge in [-0.1, -0.05) is 72.8 Å². The molecule has 4 aromatic carbocycles. The lowest BCUT2D eigenvalue weighted by Gasteiger charge is -2.14. The highest BCUT2D eigenvalue weighted by Gasteiger charge is 2.15. The van der Waals surface area contributed by atoms with Gasteiger partial charge in [-0.15, -0.1) is 0 Å². The van der Waals surface area contributed by atoms with Gasteiger partial charge in [0, 0.05) is 11.1 Å². The predicted octanol–water partition coefficient (Wildman–Crippen LogP) is 5.98. The largest absolute Gasteiger partial charge is 0.422 e. The van der Waals surface area contributed by atoms with Crippen molar-refractivity contribution in [3.8, 4) is 16.9 Å². The molecule has 0 bridgehead atoms. The van der Waals surface area contributed by atoms with Crippen molar-refractivity contribution >= 4 is 11.9 Å². The van der Waals surface area contributed by atoms with Gasteiger partial charge in [0.2, 0.25) is 5.91 Å². The molecule has 4 aromatic rings. The van der Waals surface area contributed by atoms with Crippen LogP contribution < -0.4 is 10.5 Å². The standard InChI is InChI=1S/C21H18O2.C7H7NO/c1-15-13-16(2)20(19(14-15)17-9-5-3-6-10-17)23-21(22)18-11-7-4-8-12-18;8-7(9)6-4-2-1-3-5-6/h3-14H,1-2H3;1-5H,(H2,8,9). The molecular formula is C28H25NO3. The zero-order valence-corrected chi connectivity index (χ0v) is 18.1. The summed E-state index contributed by atoms with van der Waals surface area (Å²) in [6.45, 7) is 4.01. The van der Waals surface area contributed by atoms with Crippen LogP contribution in [0.2, 0.25) is 0 Å². The monoisotopic (exact) mass is 423 g/mol. The van der Waals surface area contributed by atoms with E-state index in [4.69, 9.17) is 10.5 Å². The number of nitrogens with two attached hydrogens (primary N) is 1. The van der Waals surface area contributed by atoms with Gasteiger partial charge in [-0.2, -0.15) is 0 Å². The molecule has 4 nitrogen and oxygen atoms in total. The van der Waals surface area contributed by atoms with Crippen LogP contribution >= 0.6 is 0 Å². The number of ether oxygens (including phenoxy) is 1. The Morgan fingerprint density at radius 3 is 1.69 bits per heavy atom. The Bertz CT molecular complexity index is 1190. The van der Waals surface area contributed by atoms with Gasteiger partial charge in [0.25, 0.3) is 0 Å². The Hall–Kier alpha value is -4.18. The summed E-state index contributed by atoms with van der Waals surface area (Å²) >= 11 is 0. The molecule has 0 aliphatic heterocycles. The average Bonchev–Trinajstić information content (AvgIpc) is 2.82. The number of benzene rings is 4. The summed E-state index contributed by atoms with van der Waals surface area (Å²) < 4.78 is 5.73. The molecule has 0 saturated carbocycles. The number of hydrogen-bond donors (Lipinski definition) is 1. The van der Waals surface area contributed by atoms with E-state index in [-0.39, 0.29) is 11.9 Å². The number of aryl methyl sites for hydroxylation is 2. The molecule has 160 valence electrons. The van der Waals surface area contributed by atoms with Gasteiger partial charge in [-0.05, 0) is 60.9 Å². The molecule has 0 spiro atoms. The van der Waals surface area contributed by atoms with E-state index in [0.29, 0.717) is 16.9 Å². The number of hydrogen-bond acceptors (Lipinski definition) is 3. The molecule has 32 heavy (non-hydrogen) atoms. The maximum atomic E-state index is 12.4. The lowest BCUT2D eigenvalue weighted by atomic mass is 9.99. The van der Waals surface area contributed by atoms with Gasteiger partial charge in [0.05, 0.1) is 5.56 Å². The van der Waals surface area contributed by atoms with E-state index >= 15 is 0 Å². The number of carbonyl (C=O) groups excluding carboxylic acids is 2. The Labute approximate surface area is 188 Å². The van der Waals surface area contributed by atoms with Crippen LogP contribution in [0.5, 0.6) is 5.75 Å². The van der Waals surface area contributed by atoms with E-state index in [0.717, 1.165) is 22.3 Å². The first-order chi connectivity index (χ1) is 15.5. The van der Waals surface area contributed by atoms with Crippen LogP contribution in [0, 0.1) is 13.8 Å². The molecule has 4 rings (SSSR count). The second-order valence-electron chi connectivity index (χ2n) is 7.31. The molecule has 0 heterocycles. The van der Waals surface area contributed by atoms with Crippen LogP contribution in [0.1, 0.15) is 31.8 Å². The molecule has 0 aromatic heterocycles. The van der Waals surface area contributed by atoms with Crippen molar-refractivity contribution in [2.45, 2.75) is 13.8 Å². The van der Waals surface area contributed by atoms with Crippen LogP contribution in [0.25, 0.3) is 11.1 Å². The summed E-state index contributed by atoms with van der Waals surface area (Å²) in [5, 5.41) is 0. The Balaban J connectivity index is 0.000000269. The van der Waals surface area contributed by atoms with E-state index in [1.165, 1.54) is 0 Å². The third-order valence-corrected chi connectivity index (χ3v) is 4.77. The lowest BCUT2D eigenvalue weighted by Crippen LogP contribution is -2.10. The molecule has 0 radical (unpaired) electrons. The number of esters is 1. The van der Waals surface area contributed by atoms with Gasteiger partial charge in [-0.25, -0.2) is 4.79 Å². The highest BCUT2D eigenvalue weighted by molar-refractivity contribution is 5.93. The van der Waals surface area contributed by atoms with Crippen LogP contribution in [0.15, 0.2) is 103 Å². The zero-order valence-electron chi connectivity index (χ0n) is 18.1. The first-order valence-electron chi connectivity index (χ1n) is 10.2. The lowest BCUT2D eigenvalue weighted by molar-refractivity contribution is 0.0734. The summed E-state index contributed by atoms with van der Waals surface area (Å²) in [5.74, 6) is -0.0963. The average molecular weight is 424 g/mol. The summed E-state index contributed by atoms with van der Waals surface area (Å²) in [6, 6.07) is 31.9. The third kappa shape index (κ3) is 5.92. The second-order valence-corrected chi connectivity index (χ2v) is 7.31. The van der Waals surface area contributed by atoms with E-state index in [1.54, 1.807) is 36.4 Å². The van der Waals surface area contributed by atoms with E-state index in [9.17, 15) is 9.59 Å². The van der Waals surface area contributed by atoms with E-state index in [1.807, 2.05) is 74.5 Å². The molecule has 0 atom stereocenters. The number of amides is 1. The fraction of sp³-hybridized carbons (Fsp3) is 0.0714. The summed E-state index contributed by atoms with van der Waals surface area (Å²) in [4.78, 5) is 22.8. The normalized spacial score (nSPS) is 9.94. The van der Waals surface area contributed by atoms with Crippen LogP contribution in [-0.2, 0) is 0 Å². The van der Waals surface area contributed by atoms with Crippen molar-refractivity contribution in [1.29, 1.82) is 0 Å². The first kappa shape index (κ1) is 22.5. The van der Waals surface area contributed by atoms with Crippen LogP contribution in [-0.4, -0.2) is 11.9 Å². The second kappa shape index (κ2) is 10.7. The molecule has 1 amide bonds. The minimum atomic E-state index is -0.379. The topological polar surface area (TPSA) is 69.4 Å². The highest BCUT2D eigenvalue weighted by atomic mass is 16.5. The van der Waals surface area contributed by atoms with Gasteiger partial charge in [0.1, 0.15) is 5.75 Å². The van der Waals surface area contributed by atoms with E-state index < -0.39 is 0 Å². The van der Waals surface area contributed by atoms with Crippen molar-refractivity contribution in [3.63, 3.8) is 0 Å². The minimum absolute atomic E-state index is 0.338. The molecule has 0 aliphatic rings. The summed E-state index contributed by atoms with van der Waals surface area (Å²) in [6.07, 6.45) is 0. The van der Waals surface area contributed by atoms with Crippen molar-refractivity contribution in [2.75, 3.05) is 0 Å². The number of carbonyl (C=O) groups is 2. The molecule has 0 aliphatic carbocycles. The van der Waals surface area contributed by atoms with Crippen LogP contribution in [0.3, 0.4) is 0 Å². The third-order valence-electron chi connectivity index (χ3n) is 4.77. The first-order valence-corrected chi connectivity index (χ1v) is 10.2. The summed E-state index contributed by atoms with van der Waals surface area (Å²) in [5.41, 5.74) is 10.1. The SMILES string of the molecule is Cc1cc(C)c(OC(=O)c2ccccc2)c(-c2ccccc2)c1.NC(=O)c1ccccc1. The van der Waals surface area contributed by atoms with Gasteiger partial charge < -0.3 is 10.5 Å². The fourth-order valence-electron chi connectivity index (χ4n) is 3.25. The molecule has 4 heteroatoms. The van der Waals surface area contributed by atoms with Crippen LogP contribution in [0.4, 0.5) is 0 Å². The van der Waals surface area contributed by atoms with Gasteiger partial charge in [-0.3, -0.25) is 4.79 Å². The fourth-order valence-corrected chi connectivity index (χ4v) is 3.25. The molecular weight excluding hydrogens is 398 g/mol. The van der Waals surface area contributed by atoms with Gasteiger partial charge >= 0.3 is 5.97 Å². The quantitative estimate of drug-likeness (QED) is 0.324. The highest BCUT2D eigenvalue weighted by Crippen LogP contribution is 2.34.